The lowest BCUT2D eigenvalue weighted by Crippen LogP contribution is -2.51. The van der Waals surface area contributed by atoms with Crippen LogP contribution < -0.4 is 0 Å². The lowest BCUT2D eigenvalue weighted by molar-refractivity contribution is 0.0872. The molecule has 23 heavy (non-hydrogen) atoms. The maximum Gasteiger partial charge on any atom is 0.130 e. The number of halogens is 2. The Bertz CT molecular complexity index is 515. The zero-order valence-electron chi connectivity index (χ0n) is 14.0. The fourth-order valence-corrected chi connectivity index (χ4v) is 3.72. The van der Waals surface area contributed by atoms with Gasteiger partial charge in [0.2, 0.25) is 0 Å². The van der Waals surface area contributed by atoms with Gasteiger partial charge in [-0.1, -0.05) is 12.5 Å². The van der Waals surface area contributed by atoms with Crippen LogP contribution in [0.3, 0.4) is 0 Å². The van der Waals surface area contributed by atoms with Crippen molar-refractivity contribution in [1.82, 2.24) is 14.7 Å². The monoisotopic (exact) mass is 323 g/mol. The van der Waals surface area contributed by atoms with Gasteiger partial charge in [0, 0.05) is 56.9 Å². The van der Waals surface area contributed by atoms with Crippen molar-refractivity contribution in [3.8, 4) is 0 Å². The van der Waals surface area contributed by atoms with Gasteiger partial charge in [0.25, 0.3) is 0 Å². The number of hydrogen-bond acceptors (Lipinski definition) is 3. The molecule has 0 N–H and O–H groups in total. The second kappa shape index (κ2) is 7.69. The van der Waals surface area contributed by atoms with Gasteiger partial charge in [-0.25, -0.2) is 8.78 Å². The summed E-state index contributed by atoms with van der Waals surface area (Å²) in [6.07, 6.45) is 3.62. The second-order valence-electron chi connectivity index (χ2n) is 6.96. The molecular formula is C18H27F2N3. The average Bonchev–Trinajstić information content (AvgIpc) is 2.76. The van der Waals surface area contributed by atoms with Crippen LogP contribution in [0.5, 0.6) is 0 Å². The lowest BCUT2D eigenvalue weighted by atomic mass is 10.1. The minimum absolute atomic E-state index is 0.426. The van der Waals surface area contributed by atoms with Gasteiger partial charge in [0.15, 0.2) is 0 Å². The molecule has 3 nitrogen and oxygen atoms in total. The minimum atomic E-state index is -0.502. The normalized spacial score (nSPS) is 25.4. The molecule has 0 amide bonds. The number of hydrogen-bond donors (Lipinski definition) is 0. The lowest BCUT2D eigenvalue weighted by Gasteiger charge is -2.39. The van der Waals surface area contributed by atoms with E-state index in [0.29, 0.717) is 18.2 Å². The third-order valence-electron chi connectivity index (χ3n) is 5.19. The van der Waals surface area contributed by atoms with Crippen LogP contribution in [-0.2, 0) is 6.54 Å². The van der Waals surface area contributed by atoms with Crippen molar-refractivity contribution in [3.63, 3.8) is 0 Å². The first-order chi connectivity index (χ1) is 11.1. The van der Waals surface area contributed by atoms with Gasteiger partial charge in [0.1, 0.15) is 11.6 Å². The summed E-state index contributed by atoms with van der Waals surface area (Å²) in [6.45, 7) is 7.07. The van der Waals surface area contributed by atoms with E-state index in [1.807, 2.05) is 0 Å². The molecule has 0 radical (unpaired) electrons. The van der Waals surface area contributed by atoms with Crippen molar-refractivity contribution in [2.24, 2.45) is 0 Å². The quantitative estimate of drug-likeness (QED) is 0.846. The molecule has 2 aliphatic rings. The predicted molar refractivity (Wildman–Crippen MR) is 88.3 cm³/mol. The Kier molecular flexibility index (Phi) is 5.62. The number of piperazine rings is 1. The summed E-state index contributed by atoms with van der Waals surface area (Å²) < 4.78 is 27.0. The van der Waals surface area contributed by atoms with Gasteiger partial charge < -0.3 is 4.90 Å². The Morgan fingerprint density at radius 3 is 2.57 bits per heavy atom. The van der Waals surface area contributed by atoms with Crippen LogP contribution in [0, 0.1) is 11.6 Å². The third-order valence-corrected chi connectivity index (χ3v) is 5.19. The minimum Gasteiger partial charge on any atom is -0.304 e. The number of rotatable bonds is 3. The molecule has 5 heteroatoms. The first kappa shape index (κ1) is 16.8. The molecule has 1 atom stereocenters. The summed E-state index contributed by atoms with van der Waals surface area (Å²) >= 11 is 0. The number of likely N-dealkylation sites (tertiary alicyclic amines) is 1. The molecule has 0 aliphatic carbocycles. The van der Waals surface area contributed by atoms with Crippen LogP contribution in [0.2, 0.25) is 0 Å². The summed E-state index contributed by atoms with van der Waals surface area (Å²) in [6, 6.07) is 4.49. The van der Waals surface area contributed by atoms with Gasteiger partial charge in [0.05, 0.1) is 0 Å². The molecule has 128 valence electrons. The highest BCUT2D eigenvalue weighted by Crippen LogP contribution is 2.20. The predicted octanol–water partition coefficient (Wildman–Crippen LogP) is 2.57. The van der Waals surface area contributed by atoms with Crippen molar-refractivity contribution in [3.05, 3.63) is 35.4 Å². The van der Waals surface area contributed by atoms with Gasteiger partial charge >= 0.3 is 0 Å². The second-order valence-corrected chi connectivity index (χ2v) is 6.96. The molecule has 2 saturated heterocycles. The molecule has 2 fully saturated rings. The van der Waals surface area contributed by atoms with E-state index in [-0.39, 0.29) is 0 Å². The fourth-order valence-electron chi connectivity index (χ4n) is 3.72. The Morgan fingerprint density at radius 2 is 1.83 bits per heavy atom. The zero-order chi connectivity index (χ0) is 16.2. The first-order valence-electron chi connectivity index (χ1n) is 8.71. The molecule has 0 bridgehead atoms. The van der Waals surface area contributed by atoms with Crippen LogP contribution in [-0.4, -0.2) is 67.1 Å². The number of likely N-dealkylation sites (N-methyl/N-ethyl adjacent to an activating group) is 1. The molecule has 0 unspecified atom stereocenters. The molecular weight excluding hydrogens is 296 g/mol. The average molecular weight is 323 g/mol. The number of benzene rings is 1. The van der Waals surface area contributed by atoms with Crippen LogP contribution in [0.15, 0.2) is 18.2 Å². The molecule has 0 saturated carbocycles. The van der Waals surface area contributed by atoms with E-state index in [4.69, 9.17) is 0 Å². The van der Waals surface area contributed by atoms with E-state index in [0.717, 1.165) is 51.8 Å². The van der Waals surface area contributed by atoms with Gasteiger partial charge in [-0.05, 0) is 32.5 Å². The van der Waals surface area contributed by atoms with Gasteiger partial charge in [-0.15, -0.1) is 0 Å². The van der Waals surface area contributed by atoms with E-state index >= 15 is 0 Å². The number of nitrogens with zero attached hydrogens (tertiary/aromatic N) is 3. The van der Waals surface area contributed by atoms with Crippen LogP contribution >= 0.6 is 0 Å². The van der Waals surface area contributed by atoms with E-state index in [1.165, 1.54) is 18.9 Å². The first-order valence-corrected chi connectivity index (χ1v) is 8.71. The molecule has 0 aromatic heterocycles. The van der Waals surface area contributed by atoms with E-state index in [1.54, 1.807) is 6.07 Å². The summed E-state index contributed by atoms with van der Waals surface area (Å²) in [4.78, 5) is 7.31. The maximum atomic E-state index is 13.9. The molecule has 0 spiro atoms. The summed E-state index contributed by atoms with van der Waals surface area (Å²) in [5, 5.41) is 0. The van der Waals surface area contributed by atoms with Gasteiger partial charge in [-0.2, -0.15) is 0 Å². The van der Waals surface area contributed by atoms with Crippen molar-refractivity contribution in [2.45, 2.75) is 31.8 Å². The van der Waals surface area contributed by atoms with Crippen molar-refractivity contribution < 1.29 is 8.78 Å². The Labute approximate surface area is 137 Å². The Hall–Kier alpha value is -1.04. The van der Waals surface area contributed by atoms with Gasteiger partial charge in [-0.3, -0.25) is 9.80 Å². The Morgan fingerprint density at radius 1 is 1.04 bits per heavy atom. The summed E-state index contributed by atoms with van der Waals surface area (Å²) in [5.41, 5.74) is 0.602. The van der Waals surface area contributed by atoms with Crippen LogP contribution in [0.4, 0.5) is 8.78 Å². The summed E-state index contributed by atoms with van der Waals surface area (Å²) in [7, 11) is 2.17. The topological polar surface area (TPSA) is 9.72 Å². The van der Waals surface area contributed by atoms with Crippen molar-refractivity contribution in [1.29, 1.82) is 0 Å². The highest BCUT2D eigenvalue weighted by Gasteiger charge is 2.26. The molecule has 2 aliphatic heterocycles. The standard InChI is InChI=1S/C18H27F2N3/c1-21-8-10-23(11-9-21)17-4-2-3-7-22(14-17)13-15-5-6-16(19)12-18(15)20/h5-6,12,17H,2-4,7-11,13-14H2,1H3/t17-/m0/s1. The maximum absolute atomic E-state index is 13.9. The smallest absolute Gasteiger partial charge is 0.130 e. The SMILES string of the molecule is CN1CCN([C@H]2CCCCN(Cc3ccc(F)cc3F)C2)CC1. The molecule has 3 rings (SSSR count). The third kappa shape index (κ3) is 4.49. The highest BCUT2D eigenvalue weighted by atomic mass is 19.1. The van der Waals surface area contributed by atoms with Crippen LogP contribution in [0.1, 0.15) is 24.8 Å². The summed E-state index contributed by atoms with van der Waals surface area (Å²) in [5.74, 6) is -0.928. The molecule has 2 heterocycles. The van der Waals surface area contributed by atoms with Crippen molar-refractivity contribution in [2.75, 3.05) is 46.3 Å². The van der Waals surface area contributed by atoms with E-state index < -0.39 is 11.6 Å². The zero-order valence-corrected chi connectivity index (χ0v) is 14.0. The van der Waals surface area contributed by atoms with Crippen molar-refractivity contribution >= 4 is 0 Å². The molecule has 1 aromatic carbocycles. The Balaban J connectivity index is 1.62. The van der Waals surface area contributed by atoms with E-state index in [9.17, 15) is 8.78 Å². The highest BCUT2D eigenvalue weighted by molar-refractivity contribution is 5.18. The fraction of sp³-hybridized carbons (Fsp3) is 0.667. The van der Waals surface area contributed by atoms with E-state index in [2.05, 4.69) is 21.7 Å². The molecule has 1 aromatic rings. The van der Waals surface area contributed by atoms with Crippen LogP contribution in [0.25, 0.3) is 0 Å². The largest absolute Gasteiger partial charge is 0.304 e.